The maximum absolute atomic E-state index is 11.4. The molecule has 0 amide bonds. The molecule has 70 valence electrons. The van der Waals surface area contributed by atoms with Crippen molar-refractivity contribution in [3.8, 4) is 11.3 Å². The Morgan fingerprint density at radius 1 is 1.07 bits per heavy atom. The second-order valence-electron chi connectivity index (χ2n) is 3.04. The predicted molar refractivity (Wildman–Crippen MR) is 55.3 cm³/mol. The molecule has 2 aromatic rings. The number of nitrogens with zero attached hydrogens (tertiary/aromatic N) is 1. The van der Waals surface area contributed by atoms with Gasteiger partial charge in [-0.25, -0.2) is 0 Å². The van der Waals surface area contributed by atoms with E-state index in [9.17, 15) is 5.21 Å². The Bertz CT molecular complexity index is 440. The third-order valence-electron chi connectivity index (χ3n) is 2.01. The first-order valence-corrected chi connectivity index (χ1v) is 4.31. The summed E-state index contributed by atoms with van der Waals surface area (Å²) in [4.78, 5) is 0. The van der Waals surface area contributed by atoms with Crippen LogP contribution in [0.25, 0.3) is 11.3 Å². The Hall–Kier alpha value is -2.03. The van der Waals surface area contributed by atoms with Crippen molar-refractivity contribution in [2.24, 2.45) is 0 Å². The average molecular weight is 186 g/mol. The molecule has 3 nitrogen and oxygen atoms in total. The number of nitrogens with two attached hydrogens (primary N) is 1. The van der Waals surface area contributed by atoms with Gasteiger partial charge in [-0.2, -0.15) is 4.73 Å². The van der Waals surface area contributed by atoms with Gasteiger partial charge in [0.25, 0.3) is 0 Å². The first-order chi connectivity index (χ1) is 6.77. The second-order valence-corrected chi connectivity index (χ2v) is 3.04. The maximum atomic E-state index is 11.4. The van der Waals surface area contributed by atoms with Crippen LogP contribution in [0.15, 0.2) is 48.7 Å². The van der Waals surface area contributed by atoms with Crippen LogP contribution in [0.4, 0.5) is 5.69 Å². The molecule has 0 aliphatic rings. The van der Waals surface area contributed by atoms with Gasteiger partial charge in [-0.1, -0.05) is 18.2 Å². The van der Waals surface area contributed by atoms with E-state index in [1.807, 2.05) is 30.3 Å². The largest absolute Gasteiger partial charge is 0.618 e. The van der Waals surface area contributed by atoms with E-state index in [0.29, 0.717) is 11.4 Å². The van der Waals surface area contributed by atoms with Gasteiger partial charge in [0.15, 0.2) is 6.20 Å². The highest BCUT2D eigenvalue weighted by Gasteiger charge is 2.07. The Balaban J connectivity index is 2.57. The standard InChI is InChI=1S/C11H10N2O/c12-10-6-7-13(14)11(8-10)9-4-2-1-3-5-9/h1-8H,12H2. The number of hydrogen-bond acceptors (Lipinski definition) is 2. The molecule has 3 heteroatoms. The second kappa shape index (κ2) is 3.38. The van der Waals surface area contributed by atoms with Crippen LogP contribution in [-0.4, -0.2) is 0 Å². The molecule has 0 spiro atoms. The molecular formula is C11H10N2O. The van der Waals surface area contributed by atoms with Crippen LogP contribution in [0.2, 0.25) is 0 Å². The zero-order valence-corrected chi connectivity index (χ0v) is 7.55. The SMILES string of the molecule is Nc1cc[n+]([O-])c(-c2ccccc2)c1. The van der Waals surface area contributed by atoms with E-state index in [-0.39, 0.29) is 0 Å². The maximum Gasteiger partial charge on any atom is 0.225 e. The summed E-state index contributed by atoms with van der Waals surface area (Å²) in [6, 6.07) is 12.7. The van der Waals surface area contributed by atoms with E-state index in [1.54, 1.807) is 12.1 Å². The van der Waals surface area contributed by atoms with E-state index in [1.165, 1.54) is 6.20 Å². The molecule has 1 heterocycles. The normalized spacial score (nSPS) is 10.0. The predicted octanol–water partition coefficient (Wildman–Crippen LogP) is 1.57. The average Bonchev–Trinajstić information content (AvgIpc) is 2.23. The Morgan fingerprint density at radius 2 is 1.79 bits per heavy atom. The summed E-state index contributed by atoms with van der Waals surface area (Å²) in [6.45, 7) is 0. The topological polar surface area (TPSA) is 53.0 Å². The van der Waals surface area contributed by atoms with Crippen molar-refractivity contribution in [3.63, 3.8) is 0 Å². The lowest BCUT2D eigenvalue weighted by Crippen LogP contribution is -2.28. The smallest absolute Gasteiger partial charge is 0.225 e. The molecule has 0 aliphatic carbocycles. The zero-order chi connectivity index (χ0) is 9.97. The van der Waals surface area contributed by atoms with Gasteiger partial charge < -0.3 is 10.9 Å². The van der Waals surface area contributed by atoms with Crippen molar-refractivity contribution in [2.75, 3.05) is 5.73 Å². The van der Waals surface area contributed by atoms with Gasteiger partial charge in [-0.15, -0.1) is 0 Å². The van der Waals surface area contributed by atoms with Crippen molar-refractivity contribution in [3.05, 3.63) is 53.9 Å². The van der Waals surface area contributed by atoms with E-state index in [0.717, 1.165) is 10.3 Å². The highest BCUT2D eigenvalue weighted by atomic mass is 16.5. The summed E-state index contributed by atoms with van der Waals surface area (Å²) in [5.74, 6) is 0. The van der Waals surface area contributed by atoms with E-state index in [4.69, 9.17) is 5.73 Å². The van der Waals surface area contributed by atoms with Crippen LogP contribution in [-0.2, 0) is 0 Å². The molecule has 2 N–H and O–H groups in total. The van der Waals surface area contributed by atoms with E-state index < -0.39 is 0 Å². The summed E-state index contributed by atoms with van der Waals surface area (Å²) in [7, 11) is 0. The van der Waals surface area contributed by atoms with Gasteiger partial charge in [0.05, 0.1) is 0 Å². The molecule has 0 atom stereocenters. The van der Waals surface area contributed by atoms with Crippen molar-refractivity contribution >= 4 is 5.69 Å². The number of benzene rings is 1. The minimum Gasteiger partial charge on any atom is -0.618 e. The van der Waals surface area contributed by atoms with Gasteiger partial charge in [-0.05, 0) is 12.1 Å². The third-order valence-corrected chi connectivity index (χ3v) is 2.01. The number of hydrogen-bond donors (Lipinski definition) is 1. The van der Waals surface area contributed by atoms with Crippen LogP contribution in [0, 0.1) is 5.21 Å². The Kier molecular flexibility index (Phi) is 2.07. The van der Waals surface area contributed by atoms with Crippen LogP contribution in [0.3, 0.4) is 0 Å². The summed E-state index contributed by atoms with van der Waals surface area (Å²) in [5, 5.41) is 11.4. The van der Waals surface area contributed by atoms with Gasteiger partial charge in [0.2, 0.25) is 5.69 Å². The number of aromatic nitrogens is 1. The van der Waals surface area contributed by atoms with Gasteiger partial charge >= 0.3 is 0 Å². The van der Waals surface area contributed by atoms with E-state index in [2.05, 4.69) is 0 Å². The summed E-state index contributed by atoms with van der Waals surface area (Å²) in [5.41, 5.74) is 7.65. The zero-order valence-electron chi connectivity index (χ0n) is 7.55. The minimum atomic E-state index is 0.575. The van der Waals surface area contributed by atoms with Crippen LogP contribution < -0.4 is 10.5 Å². The summed E-state index contributed by atoms with van der Waals surface area (Å²) in [6.07, 6.45) is 1.41. The quantitative estimate of drug-likeness (QED) is 0.543. The highest BCUT2D eigenvalue weighted by Crippen LogP contribution is 2.16. The van der Waals surface area contributed by atoms with Crippen LogP contribution >= 0.6 is 0 Å². The van der Waals surface area contributed by atoms with E-state index >= 15 is 0 Å². The Labute approximate surface area is 82.0 Å². The summed E-state index contributed by atoms with van der Waals surface area (Å²) >= 11 is 0. The molecule has 0 unspecified atom stereocenters. The van der Waals surface area contributed by atoms with Gasteiger partial charge in [0.1, 0.15) is 0 Å². The molecule has 14 heavy (non-hydrogen) atoms. The Morgan fingerprint density at radius 3 is 2.50 bits per heavy atom. The van der Waals surface area contributed by atoms with Crippen molar-refractivity contribution < 1.29 is 4.73 Å². The molecule has 0 aliphatic heterocycles. The molecule has 0 saturated heterocycles. The van der Waals surface area contributed by atoms with Gasteiger partial charge in [-0.3, -0.25) is 0 Å². The molecule has 0 bridgehead atoms. The monoisotopic (exact) mass is 186 g/mol. The lowest BCUT2D eigenvalue weighted by molar-refractivity contribution is -0.593. The molecule has 0 fully saturated rings. The molecule has 1 aromatic carbocycles. The first-order valence-electron chi connectivity index (χ1n) is 4.31. The highest BCUT2D eigenvalue weighted by molar-refractivity contribution is 5.59. The molecule has 1 aromatic heterocycles. The first kappa shape index (κ1) is 8.56. The molecule has 2 rings (SSSR count). The minimum absolute atomic E-state index is 0.575. The molecule has 0 saturated carbocycles. The number of pyridine rings is 1. The van der Waals surface area contributed by atoms with Crippen molar-refractivity contribution in [2.45, 2.75) is 0 Å². The van der Waals surface area contributed by atoms with Crippen LogP contribution in [0.5, 0.6) is 0 Å². The molecule has 0 radical (unpaired) electrons. The third kappa shape index (κ3) is 1.52. The summed E-state index contributed by atoms with van der Waals surface area (Å²) < 4.78 is 0.811. The fourth-order valence-electron chi connectivity index (χ4n) is 1.32. The van der Waals surface area contributed by atoms with Gasteiger partial charge in [0, 0.05) is 23.4 Å². The fourth-order valence-corrected chi connectivity index (χ4v) is 1.32. The van der Waals surface area contributed by atoms with Crippen molar-refractivity contribution in [1.29, 1.82) is 0 Å². The number of rotatable bonds is 1. The van der Waals surface area contributed by atoms with Crippen molar-refractivity contribution in [1.82, 2.24) is 0 Å². The lowest BCUT2D eigenvalue weighted by atomic mass is 10.1. The lowest BCUT2D eigenvalue weighted by Gasteiger charge is -2.04. The van der Waals surface area contributed by atoms with Crippen LogP contribution in [0.1, 0.15) is 0 Å². The fraction of sp³-hybridized carbons (Fsp3) is 0. The molecular weight excluding hydrogens is 176 g/mol. The number of anilines is 1. The number of nitrogen functional groups attached to an aromatic ring is 1.